The molecule has 35 heavy (non-hydrogen) atoms. The fraction of sp³-hybridized carbons (Fsp3) is 0.417. The van der Waals surface area contributed by atoms with Crippen LogP contribution in [0, 0.1) is 20.8 Å². The van der Waals surface area contributed by atoms with Crippen LogP contribution in [0.3, 0.4) is 0 Å². The highest BCUT2D eigenvalue weighted by Gasteiger charge is 2.31. The lowest BCUT2D eigenvalue weighted by molar-refractivity contribution is -0.152. The van der Waals surface area contributed by atoms with Crippen LogP contribution in [0.15, 0.2) is 52.3 Å². The molecule has 0 N–H and O–H groups in total. The Bertz CT molecular complexity index is 1300. The zero-order chi connectivity index (χ0) is 25.8. The molecular formula is C24H30N2O7S2. The van der Waals surface area contributed by atoms with Gasteiger partial charge in [0.25, 0.3) is 5.91 Å². The van der Waals surface area contributed by atoms with Gasteiger partial charge in [0.2, 0.25) is 10.0 Å². The Morgan fingerprint density at radius 3 is 2.06 bits per heavy atom. The minimum absolute atomic E-state index is 0.126. The molecule has 190 valence electrons. The Hall–Kier alpha value is -2.76. The van der Waals surface area contributed by atoms with E-state index in [4.69, 9.17) is 4.74 Å². The first-order chi connectivity index (χ1) is 16.4. The minimum atomic E-state index is -3.68. The van der Waals surface area contributed by atoms with Gasteiger partial charge in [-0.25, -0.2) is 16.8 Å². The zero-order valence-electron chi connectivity index (χ0n) is 20.1. The summed E-state index contributed by atoms with van der Waals surface area (Å²) in [4.78, 5) is 26.3. The van der Waals surface area contributed by atoms with Crippen molar-refractivity contribution >= 4 is 31.7 Å². The molecule has 1 aliphatic heterocycles. The normalized spacial score (nSPS) is 15.1. The topological polar surface area (TPSA) is 118 Å². The quantitative estimate of drug-likeness (QED) is 0.486. The van der Waals surface area contributed by atoms with Gasteiger partial charge in [-0.1, -0.05) is 35.4 Å². The average molecular weight is 523 g/mol. The molecule has 1 saturated heterocycles. The summed E-state index contributed by atoms with van der Waals surface area (Å²) >= 11 is 0. The molecule has 0 aromatic heterocycles. The Morgan fingerprint density at radius 1 is 0.857 bits per heavy atom. The molecular weight excluding hydrogens is 492 g/mol. The second-order valence-electron chi connectivity index (χ2n) is 8.60. The van der Waals surface area contributed by atoms with Crippen molar-refractivity contribution < 1.29 is 31.2 Å². The van der Waals surface area contributed by atoms with Gasteiger partial charge in [-0.05, 0) is 44.5 Å². The molecule has 11 heteroatoms. The molecule has 1 amide bonds. The Kier molecular flexibility index (Phi) is 8.34. The number of rotatable bonds is 8. The van der Waals surface area contributed by atoms with Crippen LogP contribution in [0.5, 0.6) is 0 Å². The van der Waals surface area contributed by atoms with Gasteiger partial charge in [-0.2, -0.15) is 4.31 Å². The number of carbonyl (C=O) groups is 2. The molecule has 0 spiro atoms. The van der Waals surface area contributed by atoms with Crippen molar-refractivity contribution in [3.63, 3.8) is 0 Å². The highest BCUT2D eigenvalue weighted by Crippen LogP contribution is 2.22. The summed E-state index contributed by atoms with van der Waals surface area (Å²) in [5, 5.41) is 0. The fourth-order valence-corrected chi connectivity index (χ4v) is 6.64. The number of esters is 1. The van der Waals surface area contributed by atoms with Crippen LogP contribution in [0.4, 0.5) is 0 Å². The van der Waals surface area contributed by atoms with E-state index in [2.05, 4.69) is 0 Å². The monoisotopic (exact) mass is 522 g/mol. The number of nitrogens with zero attached hydrogens (tertiary/aromatic N) is 2. The van der Waals surface area contributed by atoms with Crippen molar-refractivity contribution in [1.82, 2.24) is 9.21 Å². The molecule has 0 aliphatic carbocycles. The lowest BCUT2D eigenvalue weighted by Crippen LogP contribution is -2.51. The molecule has 2 aromatic carbocycles. The van der Waals surface area contributed by atoms with Gasteiger partial charge < -0.3 is 9.64 Å². The number of sulfone groups is 1. The SMILES string of the molecule is Cc1ccc(S(=O)(=O)CCC(=O)OCC(=O)N2CCN(S(=O)(=O)c3ccc(C)cc3C)CC2)cc1. The fourth-order valence-electron chi connectivity index (χ4n) is 3.79. The number of piperazine rings is 1. The first-order valence-electron chi connectivity index (χ1n) is 11.2. The van der Waals surface area contributed by atoms with Crippen LogP contribution in [0.1, 0.15) is 23.1 Å². The summed E-state index contributed by atoms with van der Waals surface area (Å²) in [5.41, 5.74) is 2.56. The number of amides is 1. The Balaban J connectivity index is 1.47. The Labute approximate surface area is 206 Å². The van der Waals surface area contributed by atoms with Gasteiger partial charge >= 0.3 is 5.97 Å². The van der Waals surface area contributed by atoms with Crippen molar-refractivity contribution in [2.45, 2.75) is 37.0 Å². The van der Waals surface area contributed by atoms with E-state index in [9.17, 15) is 26.4 Å². The third-order valence-corrected chi connectivity index (χ3v) is 9.64. The van der Waals surface area contributed by atoms with Crippen LogP contribution >= 0.6 is 0 Å². The molecule has 0 bridgehead atoms. The molecule has 1 heterocycles. The number of benzene rings is 2. The predicted octanol–water partition coefficient (Wildman–Crippen LogP) is 1.85. The van der Waals surface area contributed by atoms with E-state index in [0.29, 0.717) is 5.56 Å². The van der Waals surface area contributed by atoms with Crippen LogP contribution in [-0.4, -0.2) is 76.5 Å². The molecule has 0 saturated carbocycles. The number of hydrogen-bond donors (Lipinski definition) is 0. The van der Waals surface area contributed by atoms with Gasteiger partial charge in [0, 0.05) is 26.2 Å². The predicted molar refractivity (Wildman–Crippen MR) is 130 cm³/mol. The van der Waals surface area contributed by atoms with Crippen LogP contribution in [0.25, 0.3) is 0 Å². The summed E-state index contributed by atoms with van der Waals surface area (Å²) in [6, 6.07) is 11.5. The van der Waals surface area contributed by atoms with E-state index >= 15 is 0 Å². The molecule has 2 aromatic rings. The first-order valence-corrected chi connectivity index (χ1v) is 14.3. The highest BCUT2D eigenvalue weighted by atomic mass is 32.2. The van der Waals surface area contributed by atoms with E-state index in [-0.39, 0.29) is 42.4 Å². The van der Waals surface area contributed by atoms with Crippen molar-refractivity contribution in [2.24, 2.45) is 0 Å². The molecule has 0 radical (unpaired) electrons. The van der Waals surface area contributed by atoms with Crippen molar-refractivity contribution in [2.75, 3.05) is 38.5 Å². The van der Waals surface area contributed by atoms with E-state index in [0.717, 1.165) is 11.1 Å². The molecule has 0 atom stereocenters. The van der Waals surface area contributed by atoms with Gasteiger partial charge in [-0.15, -0.1) is 0 Å². The van der Waals surface area contributed by atoms with E-state index < -0.39 is 44.1 Å². The number of sulfonamides is 1. The molecule has 1 fully saturated rings. The number of hydrogen-bond acceptors (Lipinski definition) is 7. The maximum absolute atomic E-state index is 13.0. The minimum Gasteiger partial charge on any atom is -0.456 e. The lowest BCUT2D eigenvalue weighted by atomic mass is 10.2. The third-order valence-electron chi connectivity index (χ3n) is 5.85. The van der Waals surface area contributed by atoms with E-state index in [1.54, 1.807) is 31.2 Å². The van der Waals surface area contributed by atoms with Gasteiger partial charge in [0.1, 0.15) is 0 Å². The number of carbonyl (C=O) groups excluding carboxylic acids is 2. The summed E-state index contributed by atoms with van der Waals surface area (Å²) in [6.45, 7) is 5.56. The second kappa shape index (κ2) is 10.9. The third kappa shape index (κ3) is 6.68. The summed E-state index contributed by atoms with van der Waals surface area (Å²) < 4.78 is 57.0. The maximum Gasteiger partial charge on any atom is 0.307 e. The van der Waals surface area contributed by atoms with Crippen molar-refractivity contribution in [3.05, 3.63) is 59.2 Å². The molecule has 3 rings (SSSR count). The molecule has 0 unspecified atom stereocenters. The molecule has 9 nitrogen and oxygen atoms in total. The van der Waals surface area contributed by atoms with Crippen molar-refractivity contribution in [1.29, 1.82) is 0 Å². The van der Waals surface area contributed by atoms with Gasteiger partial charge in [0.15, 0.2) is 16.4 Å². The largest absolute Gasteiger partial charge is 0.456 e. The van der Waals surface area contributed by atoms with Gasteiger partial charge in [-0.3, -0.25) is 9.59 Å². The van der Waals surface area contributed by atoms with Crippen LogP contribution < -0.4 is 0 Å². The number of ether oxygens (including phenoxy) is 1. The van der Waals surface area contributed by atoms with Crippen LogP contribution in [-0.2, 0) is 34.2 Å². The molecule has 1 aliphatic rings. The first kappa shape index (κ1) is 26.8. The second-order valence-corrected chi connectivity index (χ2v) is 12.6. The van der Waals surface area contributed by atoms with E-state index in [1.165, 1.54) is 21.3 Å². The smallest absolute Gasteiger partial charge is 0.307 e. The highest BCUT2D eigenvalue weighted by molar-refractivity contribution is 7.91. The average Bonchev–Trinajstić information content (AvgIpc) is 2.81. The summed E-state index contributed by atoms with van der Waals surface area (Å²) in [7, 11) is -7.32. The zero-order valence-corrected chi connectivity index (χ0v) is 21.7. The summed E-state index contributed by atoms with van der Waals surface area (Å²) in [6.07, 6.45) is -0.370. The van der Waals surface area contributed by atoms with E-state index in [1.807, 2.05) is 19.9 Å². The lowest BCUT2D eigenvalue weighted by Gasteiger charge is -2.34. The van der Waals surface area contributed by atoms with Gasteiger partial charge in [0.05, 0.1) is 22.0 Å². The number of aryl methyl sites for hydroxylation is 3. The standard InChI is InChI=1S/C24H30N2O7S2/c1-18-4-7-21(8-5-18)34(29,30)15-10-24(28)33-17-23(27)25-11-13-26(14-12-25)35(31,32)22-9-6-19(2)16-20(22)3/h4-9,16H,10-15,17H2,1-3H3. The summed E-state index contributed by atoms with van der Waals surface area (Å²) in [5.74, 6) is -1.66. The Morgan fingerprint density at radius 2 is 1.46 bits per heavy atom. The maximum atomic E-state index is 13.0. The van der Waals surface area contributed by atoms with Crippen LogP contribution in [0.2, 0.25) is 0 Å². The van der Waals surface area contributed by atoms with Crippen molar-refractivity contribution in [3.8, 4) is 0 Å².